The molecule has 0 spiro atoms. The van der Waals surface area contributed by atoms with E-state index in [1.807, 2.05) is 11.3 Å². The van der Waals surface area contributed by atoms with Crippen LogP contribution in [0.3, 0.4) is 0 Å². The van der Waals surface area contributed by atoms with E-state index in [0.29, 0.717) is 0 Å². The lowest BCUT2D eigenvalue weighted by Gasteiger charge is -2.07. The van der Waals surface area contributed by atoms with E-state index in [9.17, 15) is 5.11 Å². The first kappa shape index (κ1) is 13.3. The van der Waals surface area contributed by atoms with Crippen LogP contribution in [0.15, 0.2) is 12.1 Å². The van der Waals surface area contributed by atoms with Gasteiger partial charge in [-0.15, -0.1) is 22.7 Å². The van der Waals surface area contributed by atoms with E-state index in [1.54, 1.807) is 11.3 Å². The van der Waals surface area contributed by atoms with E-state index in [1.165, 1.54) is 53.0 Å². The molecule has 1 atom stereocenters. The van der Waals surface area contributed by atoms with Gasteiger partial charge in [0.1, 0.15) is 6.10 Å². The van der Waals surface area contributed by atoms with Gasteiger partial charge in [-0.3, -0.25) is 0 Å². The SMILES string of the molecule is Cc1cc(C)c(C(O)c2cc3c(s2)CCCCC3)s1. The van der Waals surface area contributed by atoms with Gasteiger partial charge in [0.25, 0.3) is 0 Å². The zero-order valence-electron chi connectivity index (χ0n) is 11.5. The van der Waals surface area contributed by atoms with Crippen LogP contribution in [-0.4, -0.2) is 5.11 Å². The van der Waals surface area contributed by atoms with E-state index in [4.69, 9.17) is 0 Å². The van der Waals surface area contributed by atoms with Crippen molar-refractivity contribution in [3.8, 4) is 0 Å². The third-order valence-electron chi connectivity index (χ3n) is 3.86. The van der Waals surface area contributed by atoms with Crippen LogP contribution in [0, 0.1) is 13.8 Å². The third-order valence-corrected chi connectivity index (χ3v) is 6.36. The smallest absolute Gasteiger partial charge is 0.123 e. The molecular formula is C16H20OS2. The second-order valence-corrected chi connectivity index (χ2v) is 7.92. The van der Waals surface area contributed by atoms with Gasteiger partial charge in [-0.2, -0.15) is 0 Å². The second-order valence-electron chi connectivity index (χ2n) is 5.46. The largest absolute Gasteiger partial charge is 0.382 e. The number of fused-ring (bicyclic) bond motifs is 1. The summed E-state index contributed by atoms with van der Waals surface area (Å²) in [5.41, 5.74) is 2.71. The number of thiophene rings is 2. The average molecular weight is 292 g/mol. The van der Waals surface area contributed by atoms with E-state index in [-0.39, 0.29) is 0 Å². The fourth-order valence-corrected chi connectivity index (χ4v) is 5.25. The summed E-state index contributed by atoms with van der Waals surface area (Å²) < 4.78 is 0. The van der Waals surface area contributed by atoms with Crippen molar-refractivity contribution in [2.45, 2.75) is 52.1 Å². The molecule has 2 heterocycles. The highest BCUT2D eigenvalue weighted by Gasteiger charge is 2.20. The Labute approximate surface area is 122 Å². The van der Waals surface area contributed by atoms with Crippen LogP contribution in [-0.2, 0) is 12.8 Å². The van der Waals surface area contributed by atoms with Gasteiger partial charge in [0, 0.05) is 19.5 Å². The number of aliphatic hydroxyl groups excluding tert-OH is 1. The number of rotatable bonds is 2. The minimum Gasteiger partial charge on any atom is -0.382 e. The van der Waals surface area contributed by atoms with Crippen molar-refractivity contribution in [1.82, 2.24) is 0 Å². The summed E-state index contributed by atoms with van der Waals surface area (Å²) in [7, 11) is 0. The van der Waals surface area contributed by atoms with Crippen LogP contribution < -0.4 is 0 Å². The van der Waals surface area contributed by atoms with Crippen LogP contribution >= 0.6 is 22.7 Å². The van der Waals surface area contributed by atoms with Crippen molar-refractivity contribution in [2.75, 3.05) is 0 Å². The highest BCUT2D eigenvalue weighted by Crippen LogP contribution is 2.38. The molecule has 0 saturated heterocycles. The van der Waals surface area contributed by atoms with Crippen molar-refractivity contribution >= 4 is 22.7 Å². The molecule has 1 nitrogen and oxygen atoms in total. The molecule has 0 aliphatic heterocycles. The number of aryl methyl sites for hydroxylation is 4. The Morgan fingerprint density at radius 2 is 1.84 bits per heavy atom. The van der Waals surface area contributed by atoms with Crippen LogP contribution in [0.5, 0.6) is 0 Å². The minimum atomic E-state index is -0.421. The van der Waals surface area contributed by atoms with Gasteiger partial charge in [-0.1, -0.05) is 6.42 Å². The Hall–Kier alpha value is -0.640. The fourth-order valence-electron chi connectivity index (χ4n) is 2.89. The van der Waals surface area contributed by atoms with Crippen molar-refractivity contribution in [3.05, 3.63) is 42.8 Å². The molecule has 2 aromatic heterocycles. The summed E-state index contributed by atoms with van der Waals surface area (Å²) in [5.74, 6) is 0. The van der Waals surface area contributed by atoms with Gasteiger partial charge >= 0.3 is 0 Å². The molecular weight excluding hydrogens is 272 g/mol. The summed E-state index contributed by atoms with van der Waals surface area (Å²) in [4.78, 5) is 5.05. The highest BCUT2D eigenvalue weighted by atomic mass is 32.1. The predicted molar refractivity (Wildman–Crippen MR) is 83.4 cm³/mol. The van der Waals surface area contributed by atoms with Gasteiger partial charge in [0.15, 0.2) is 0 Å². The summed E-state index contributed by atoms with van der Waals surface area (Å²) in [6.07, 6.45) is 5.94. The van der Waals surface area contributed by atoms with Crippen LogP contribution in [0.25, 0.3) is 0 Å². The van der Waals surface area contributed by atoms with Crippen LogP contribution in [0.1, 0.15) is 56.0 Å². The fraction of sp³-hybridized carbons (Fsp3) is 0.500. The number of hydrogen-bond acceptors (Lipinski definition) is 3. The topological polar surface area (TPSA) is 20.2 Å². The summed E-state index contributed by atoms with van der Waals surface area (Å²) >= 11 is 3.55. The Balaban J connectivity index is 1.92. The van der Waals surface area contributed by atoms with Gasteiger partial charge in [-0.25, -0.2) is 0 Å². The Morgan fingerprint density at radius 3 is 2.58 bits per heavy atom. The molecule has 0 saturated carbocycles. The molecule has 0 aromatic carbocycles. The Kier molecular flexibility index (Phi) is 3.79. The van der Waals surface area contributed by atoms with Gasteiger partial charge in [0.05, 0.1) is 0 Å². The Bertz CT molecular complexity index is 556. The number of aliphatic hydroxyl groups is 1. The van der Waals surface area contributed by atoms with Crippen LogP contribution in [0.4, 0.5) is 0 Å². The predicted octanol–water partition coefficient (Wildman–Crippen LogP) is 4.78. The van der Waals surface area contributed by atoms with Crippen LogP contribution in [0.2, 0.25) is 0 Å². The van der Waals surface area contributed by atoms with E-state index in [2.05, 4.69) is 26.0 Å². The molecule has 19 heavy (non-hydrogen) atoms. The lowest BCUT2D eigenvalue weighted by Crippen LogP contribution is -1.95. The van der Waals surface area contributed by atoms with E-state index < -0.39 is 6.10 Å². The highest BCUT2D eigenvalue weighted by molar-refractivity contribution is 7.13. The number of hydrogen-bond donors (Lipinski definition) is 1. The standard InChI is InChI=1S/C16H20OS2/c1-10-8-11(2)18-16(10)15(17)14-9-12-6-4-3-5-7-13(12)19-14/h8-9,15,17H,3-7H2,1-2H3. The normalized spacial score (nSPS) is 17.0. The molecule has 0 radical (unpaired) electrons. The first-order valence-electron chi connectivity index (χ1n) is 7.01. The minimum absolute atomic E-state index is 0.421. The lowest BCUT2D eigenvalue weighted by atomic mass is 10.1. The maximum atomic E-state index is 10.6. The molecule has 1 aliphatic rings. The second kappa shape index (κ2) is 5.39. The van der Waals surface area contributed by atoms with Crippen molar-refractivity contribution < 1.29 is 5.11 Å². The summed E-state index contributed by atoms with van der Waals surface area (Å²) in [5, 5.41) is 10.6. The van der Waals surface area contributed by atoms with Crippen molar-refractivity contribution in [1.29, 1.82) is 0 Å². The van der Waals surface area contributed by atoms with Crippen molar-refractivity contribution in [3.63, 3.8) is 0 Å². The molecule has 0 bridgehead atoms. The lowest BCUT2D eigenvalue weighted by molar-refractivity contribution is 0.227. The zero-order chi connectivity index (χ0) is 13.4. The molecule has 1 N–H and O–H groups in total. The van der Waals surface area contributed by atoms with Crippen molar-refractivity contribution in [2.24, 2.45) is 0 Å². The van der Waals surface area contributed by atoms with E-state index in [0.717, 1.165) is 9.75 Å². The molecule has 1 unspecified atom stereocenters. The first-order valence-corrected chi connectivity index (χ1v) is 8.65. The zero-order valence-corrected chi connectivity index (χ0v) is 13.2. The molecule has 0 fully saturated rings. The molecule has 102 valence electrons. The van der Waals surface area contributed by atoms with E-state index >= 15 is 0 Å². The quantitative estimate of drug-likeness (QED) is 0.790. The molecule has 2 aromatic rings. The maximum Gasteiger partial charge on any atom is 0.123 e. The maximum absolute atomic E-state index is 10.6. The summed E-state index contributed by atoms with van der Waals surface area (Å²) in [6.45, 7) is 4.21. The van der Waals surface area contributed by atoms with Gasteiger partial charge in [-0.05, 0) is 62.8 Å². The van der Waals surface area contributed by atoms with Gasteiger partial charge in [0.2, 0.25) is 0 Å². The monoisotopic (exact) mass is 292 g/mol. The average Bonchev–Trinajstić information content (AvgIpc) is 2.85. The third kappa shape index (κ3) is 2.64. The molecule has 3 rings (SSSR count). The molecule has 1 aliphatic carbocycles. The first-order chi connectivity index (χ1) is 9.15. The Morgan fingerprint density at radius 1 is 1.05 bits per heavy atom. The molecule has 0 amide bonds. The molecule has 3 heteroatoms. The van der Waals surface area contributed by atoms with Gasteiger partial charge < -0.3 is 5.11 Å². The summed E-state index contributed by atoms with van der Waals surface area (Å²) in [6, 6.07) is 4.42.